The Hall–Kier alpha value is -1.51. The van der Waals surface area contributed by atoms with Gasteiger partial charge in [-0.15, -0.1) is 24.0 Å². The molecule has 0 aliphatic rings. The number of methoxy groups -OCH3 is 1. The van der Waals surface area contributed by atoms with E-state index < -0.39 is 0 Å². The van der Waals surface area contributed by atoms with Crippen molar-refractivity contribution >= 4 is 35.8 Å². The number of nitrogens with zero attached hydrogens (tertiary/aromatic N) is 2. The van der Waals surface area contributed by atoms with Gasteiger partial charge in [-0.05, 0) is 31.5 Å². The summed E-state index contributed by atoms with van der Waals surface area (Å²) in [5, 5.41) is 6.15. The lowest BCUT2D eigenvalue weighted by atomic mass is 10.2. The zero-order chi connectivity index (χ0) is 17.8. The Morgan fingerprint density at radius 3 is 2.68 bits per heavy atom. The van der Waals surface area contributed by atoms with Gasteiger partial charge in [0.2, 0.25) is 0 Å². The quantitative estimate of drug-likeness (QED) is 0.257. The van der Waals surface area contributed by atoms with E-state index in [2.05, 4.69) is 27.4 Å². The molecule has 0 radical (unpaired) electrons. The van der Waals surface area contributed by atoms with Gasteiger partial charge in [-0.1, -0.05) is 19.4 Å². The number of nitrogens with one attached hydrogen (secondary N) is 2. The third kappa shape index (κ3) is 8.94. The van der Waals surface area contributed by atoms with E-state index >= 15 is 0 Å². The molecule has 6 nitrogen and oxygen atoms in total. The number of unbranched alkanes of at least 4 members (excludes halogenated alkanes) is 1. The fourth-order valence-electron chi connectivity index (χ4n) is 2.17. The highest BCUT2D eigenvalue weighted by Crippen LogP contribution is 2.12. The van der Waals surface area contributed by atoms with Crippen LogP contribution in [0.1, 0.15) is 37.0 Å². The second-order valence-electron chi connectivity index (χ2n) is 5.50. The number of hydrogen-bond acceptors (Lipinski definition) is 3. The molecule has 1 amide bonds. The van der Waals surface area contributed by atoms with Crippen LogP contribution in [0.4, 0.5) is 0 Å². The van der Waals surface area contributed by atoms with Crippen LogP contribution in [-0.4, -0.2) is 57.1 Å². The monoisotopic (exact) mass is 462 g/mol. The molecule has 7 heteroatoms. The van der Waals surface area contributed by atoms with E-state index in [1.165, 1.54) is 0 Å². The highest BCUT2D eigenvalue weighted by atomic mass is 127. The summed E-state index contributed by atoms with van der Waals surface area (Å²) in [6, 6.07) is 7.11. The van der Waals surface area contributed by atoms with E-state index in [0.717, 1.165) is 31.9 Å². The Balaban J connectivity index is 0.00000576. The SMILES string of the molecule is CCCCN(C)C(=NCCNC(=O)c1cccc(OC)c1)NCC.I. The fourth-order valence-corrected chi connectivity index (χ4v) is 2.17. The number of rotatable bonds is 9. The van der Waals surface area contributed by atoms with Crippen molar-refractivity contribution in [3.8, 4) is 5.75 Å². The summed E-state index contributed by atoms with van der Waals surface area (Å²) in [6.07, 6.45) is 2.29. The molecule has 0 saturated carbocycles. The lowest BCUT2D eigenvalue weighted by Gasteiger charge is -2.21. The van der Waals surface area contributed by atoms with E-state index in [1.807, 2.05) is 20.0 Å². The molecule has 2 N–H and O–H groups in total. The van der Waals surface area contributed by atoms with Crippen LogP contribution in [0, 0.1) is 0 Å². The molecule has 0 heterocycles. The molecule has 25 heavy (non-hydrogen) atoms. The normalized spacial score (nSPS) is 10.6. The molecule has 0 aliphatic carbocycles. The minimum Gasteiger partial charge on any atom is -0.497 e. The van der Waals surface area contributed by atoms with Crippen LogP contribution in [-0.2, 0) is 0 Å². The minimum atomic E-state index is -0.117. The van der Waals surface area contributed by atoms with Crippen LogP contribution in [0.2, 0.25) is 0 Å². The Labute approximate surface area is 168 Å². The molecule has 0 saturated heterocycles. The molecule has 0 fully saturated rings. The van der Waals surface area contributed by atoms with Gasteiger partial charge in [0.15, 0.2) is 5.96 Å². The van der Waals surface area contributed by atoms with E-state index in [-0.39, 0.29) is 29.9 Å². The second kappa shape index (κ2) is 13.7. The maximum atomic E-state index is 12.1. The summed E-state index contributed by atoms with van der Waals surface area (Å²) in [5.74, 6) is 1.43. The number of halogens is 1. The first kappa shape index (κ1) is 23.5. The number of aliphatic imine (C=N–C) groups is 1. The number of carbonyl (C=O) groups is 1. The van der Waals surface area contributed by atoms with Gasteiger partial charge >= 0.3 is 0 Å². The van der Waals surface area contributed by atoms with Crippen molar-refractivity contribution in [3.05, 3.63) is 29.8 Å². The molecule has 0 aliphatic heterocycles. The largest absolute Gasteiger partial charge is 0.497 e. The van der Waals surface area contributed by atoms with E-state index in [0.29, 0.717) is 24.4 Å². The van der Waals surface area contributed by atoms with Crippen molar-refractivity contribution in [1.29, 1.82) is 0 Å². The molecule has 0 spiro atoms. The molecule has 0 unspecified atom stereocenters. The zero-order valence-electron chi connectivity index (χ0n) is 15.7. The first-order valence-corrected chi connectivity index (χ1v) is 8.54. The van der Waals surface area contributed by atoms with Crippen molar-refractivity contribution in [1.82, 2.24) is 15.5 Å². The predicted molar refractivity (Wildman–Crippen MR) is 114 cm³/mol. The fraction of sp³-hybridized carbons (Fsp3) is 0.556. The van der Waals surface area contributed by atoms with Crippen LogP contribution in [0.3, 0.4) is 0 Å². The van der Waals surface area contributed by atoms with Crippen LogP contribution in [0.25, 0.3) is 0 Å². The summed E-state index contributed by atoms with van der Waals surface area (Å²) in [7, 11) is 3.62. The second-order valence-corrected chi connectivity index (χ2v) is 5.50. The Morgan fingerprint density at radius 1 is 1.28 bits per heavy atom. The summed E-state index contributed by atoms with van der Waals surface area (Å²) in [5.41, 5.74) is 0.588. The highest BCUT2D eigenvalue weighted by Gasteiger charge is 2.07. The first-order valence-electron chi connectivity index (χ1n) is 8.54. The minimum absolute atomic E-state index is 0. The number of hydrogen-bond donors (Lipinski definition) is 2. The predicted octanol–water partition coefficient (Wildman–Crippen LogP) is 2.74. The van der Waals surface area contributed by atoms with Crippen molar-refractivity contribution < 1.29 is 9.53 Å². The molecular weight excluding hydrogens is 431 g/mol. The van der Waals surface area contributed by atoms with E-state index in [9.17, 15) is 4.79 Å². The maximum Gasteiger partial charge on any atom is 0.251 e. The average Bonchev–Trinajstić information content (AvgIpc) is 2.62. The van der Waals surface area contributed by atoms with Gasteiger partial charge in [0.25, 0.3) is 5.91 Å². The van der Waals surface area contributed by atoms with Crippen LogP contribution in [0.5, 0.6) is 5.75 Å². The Kier molecular flexibility index (Phi) is 12.9. The highest BCUT2D eigenvalue weighted by molar-refractivity contribution is 14.0. The van der Waals surface area contributed by atoms with Crippen molar-refractivity contribution in [2.24, 2.45) is 4.99 Å². The lowest BCUT2D eigenvalue weighted by Crippen LogP contribution is -2.40. The van der Waals surface area contributed by atoms with Crippen LogP contribution >= 0.6 is 24.0 Å². The Morgan fingerprint density at radius 2 is 2.04 bits per heavy atom. The summed E-state index contributed by atoms with van der Waals surface area (Å²) < 4.78 is 5.13. The standard InChI is InChI=1S/C18H30N4O2.HI/c1-5-7-13-22(3)18(19-6-2)21-12-11-20-17(23)15-9-8-10-16(14-15)24-4;/h8-10,14H,5-7,11-13H2,1-4H3,(H,19,21)(H,20,23);1H. The molecule has 1 rings (SSSR count). The van der Waals surface area contributed by atoms with Crippen molar-refractivity contribution in [3.63, 3.8) is 0 Å². The van der Waals surface area contributed by atoms with Crippen LogP contribution in [0.15, 0.2) is 29.3 Å². The van der Waals surface area contributed by atoms with Crippen LogP contribution < -0.4 is 15.4 Å². The zero-order valence-corrected chi connectivity index (χ0v) is 18.0. The Bertz CT molecular complexity index is 538. The molecule has 142 valence electrons. The third-order valence-corrected chi connectivity index (χ3v) is 3.53. The molecule has 0 bridgehead atoms. The van der Waals surface area contributed by atoms with Crippen molar-refractivity contribution in [2.45, 2.75) is 26.7 Å². The van der Waals surface area contributed by atoms with E-state index in [4.69, 9.17) is 4.74 Å². The molecule has 1 aromatic carbocycles. The van der Waals surface area contributed by atoms with Gasteiger partial charge in [0.1, 0.15) is 5.75 Å². The van der Waals surface area contributed by atoms with Gasteiger partial charge in [-0.25, -0.2) is 0 Å². The van der Waals surface area contributed by atoms with Gasteiger partial charge in [0, 0.05) is 32.2 Å². The topological polar surface area (TPSA) is 66.0 Å². The number of ether oxygens (including phenoxy) is 1. The van der Waals surface area contributed by atoms with Gasteiger partial charge in [0.05, 0.1) is 13.7 Å². The smallest absolute Gasteiger partial charge is 0.251 e. The van der Waals surface area contributed by atoms with Gasteiger partial charge in [-0.3, -0.25) is 9.79 Å². The molecule has 0 atom stereocenters. The van der Waals surface area contributed by atoms with Gasteiger partial charge in [-0.2, -0.15) is 0 Å². The van der Waals surface area contributed by atoms with E-state index in [1.54, 1.807) is 25.3 Å². The summed E-state index contributed by atoms with van der Waals surface area (Å²) in [6.45, 7) is 7.05. The van der Waals surface area contributed by atoms with Crippen molar-refractivity contribution in [2.75, 3.05) is 40.3 Å². The number of benzene rings is 1. The number of carbonyl (C=O) groups excluding carboxylic acids is 1. The number of guanidine groups is 1. The third-order valence-electron chi connectivity index (χ3n) is 3.53. The molecular formula is C18H31IN4O2. The maximum absolute atomic E-state index is 12.1. The summed E-state index contributed by atoms with van der Waals surface area (Å²) in [4.78, 5) is 18.8. The first-order chi connectivity index (χ1) is 11.6. The average molecular weight is 462 g/mol. The summed E-state index contributed by atoms with van der Waals surface area (Å²) >= 11 is 0. The molecule has 1 aromatic rings. The number of amides is 1. The molecule has 0 aromatic heterocycles. The van der Waals surface area contributed by atoms with Gasteiger partial charge < -0.3 is 20.3 Å². The lowest BCUT2D eigenvalue weighted by molar-refractivity contribution is 0.0954.